The van der Waals surface area contributed by atoms with Crippen LogP contribution in [0.25, 0.3) is 0 Å². The van der Waals surface area contributed by atoms with Crippen molar-refractivity contribution in [1.29, 1.82) is 0 Å². The number of ether oxygens (including phenoxy) is 1. The van der Waals surface area contributed by atoms with Crippen LogP contribution in [0.2, 0.25) is 0 Å². The van der Waals surface area contributed by atoms with Crippen LogP contribution in [0.3, 0.4) is 0 Å². The lowest BCUT2D eigenvalue weighted by molar-refractivity contribution is 0.0973. The first-order valence-electron chi connectivity index (χ1n) is 8.21. The van der Waals surface area contributed by atoms with Gasteiger partial charge >= 0.3 is 0 Å². The van der Waals surface area contributed by atoms with Crippen LogP contribution >= 0.6 is 12.2 Å². The number of carbonyl (C=O) groups excluding carboxylic acids is 1. The number of piperazine rings is 1. The van der Waals surface area contributed by atoms with Crippen molar-refractivity contribution in [3.05, 3.63) is 60.2 Å². The number of benzene rings is 2. The van der Waals surface area contributed by atoms with Crippen molar-refractivity contribution in [3.8, 4) is 5.75 Å². The second-order valence-electron chi connectivity index (χ2n) is 5.80. The minimum Gasteiger partial charge on any atom is -0.497 e. The minimum absolute atomic E-state index is 0.196. The molecular weight excluding hydrogens is 334 g/mol. The van der Waals surface area contributed by atoms with Gasteiger partial charge in [0, 0.05) is 37.4 Å². The van der Waals surface area contributed by atoms with E-state index in [0.29, 0.717) is 10.7 Å². The van der Waals surface area contributed by atoms with E-state index in [9.17, 15) is 4.79 Å². The predicted octanol–water partition coefficient (Wildman–Crippen LogP) is 2.53. The molecule has 2 aromatic carbocycles. The van der Waals surface area contributed by atoms with E-state index in [1.54, 1.807) is 31.4 Å². The summed E-state index contributed by atoms with van der Waals surface area (Å²) in [5.74, 6) is 0.523. The molecule has 0 unspecified atom stereocenters. The zero-order valence-corrected chi connectivity index (χ0v) is 15.0. The van der Waals surface area contributed by atoms with Gasteiger partial charge in [0.05, 0.1) is 7.11 Å². The van der Waals surface area contributed by atoms with Crippen LogP contribution in [-0.2, 0) is 0 Å². The van der Waals surface area contributed by atoms with Crippen molar-refractivity contribution in [2.45, 2.75) is 0 Å². The maximum atomic E-state index is 12.3. The van der Waals surface area contributed by atoms with Gasteiger partial charge in [-0.25, -0.2) is 0 Å². The number of methoxy groups -OCH3 is 1. The second kappa shape index (κ2) is 7.98. The van der Waals surface area contributed by atoms with Gasteiger partial charge in [-0.15, -0.1) is 0 Å². The first-order valence-corrected chi connectivity index (χ1v) is 8.62. The monoisotopic (exact) mass is 355 g/mol. The third-order valence-electron chi connectivity index (χ3n) is 4.26. The third kappa shape index (κ3) is 4.28. The van der Waals surface area contributed by atoms with E-state index < -0.39 is 0 Å². The van der Waals surface area contributed by atoms with Crippen molar-refractivity contribution >= 4 is 28.9 Å². The molecule has 6 heteroatoms. The number of thiocarbonyl (C=S) groups is 1. The second-order valence-corrected chi connectivity index (χ2v) is 6.18. The van der Waals surface area contributed by atoms with Crippen LogP contribution < -0.4 is 15.0 Å². The van der Waals surface area contributed by atoms with Gasteiger partial charge < -0.3 is 14.5 Å². The van der Waals surface area contributed by atoms with Gasteiger partial charge in [0.2, 0.25) is 0 Å². The Morgan fingerprint density at radius 2 is 1.64 bits per heavy atom. The summed E-state index contributed by atoms with van der Waals surface area (Å²) >= 11 is 5.40. The smallest absolute Gasteiger partial charge is 0.257 e. The number of nitrogens with zero attached hydrogens (tertiary/aromatic N) is 2. The van der Waals surface area contributed by atoms with Crippen LogP contribution in [0.5, 0.6) is 5.75 Å². The summed E-state index contributed by atoms with van der Waals surface area (Å²) in [6.45, 7) is 3.33. The molecule has 0 atom stereocenters. The van der Waals surface area contributed by atoms with E-state index in [1.165, 1.54) is 5.69 Å². The topological polar surface area (TPSA) is 44.8 Å². The average Bonchev–Trinajstić information content (AvgIpc) is 2.68. The highest BCUT2D eigenvalue weighted by molar-refractivity contribution is 7.80. The standard InChI is InChI=1S/C19H21N3O2S/c1-24-17-9-7-15(8-10-17)18(23)20-19(25)22-13-11-21(12-14-22)16-5-3-2-4-6-16/h2-10H,11-14H2,1H3,(H,20,23,25). The maximum absolute atomic E-state index is 12.3. The number of nitrogens with one attached hydrogen (secondary N) is 1. The summed E-state index contributed by atoms with van der Waals surface area (Å²) in [4.78, 5) is 16.7. The predicted molar refractivity (Wildman–Crippen MR) is 103 cm³/mol. The molecule has 0 bridgehead atoms. The van der Waals surface area contributed by atoms with E-state index in [2.05, 4.69) is 22.3 Å². The highest BCUT2D eigenvalue weighted by atomic mass is 32.1. The average molecular weight is 355 g/mol. The molecule has 3 rings (SSSR count). The first kappa shape index (κ1) is 17.2. The molecule has 130 valence electrons. The fraction of sp³-hybridized carbons (Fsp3) is 0.263. The Morgan fingerprint density at radius 1 is 1.00 bits per heavy atom. The van der Waals surface area contributed by atoms with E-state index in [0.717, 1.165) is 31.9 Å². The van der Waals surface area contributed by atoms with Crippen LogP contribution in [0.15, 0.2) is 54.6 Å². The third-order valence-corrected chi connectivity index (χ3v) is 4.62. The van der Waals surface area contributed by atoms with E-state index in [4.69, 9.17) is 17.0 Å². The molecule has 2 aromatic rings. The van der Waals surface area contributed by atoms with E-state index in [-0.39, 0.29) is 5.91 Å². The zero-order valence-electron chi connectivity index (χ0n) is 14.1. The van der Waals surface area contributed by atoms with Crippen LogP contribution in [0.4, 0.5) is 5.69 Å². The largest absolute Gasteiger partial charge is 0.497 e. The number of hydrogen-bond donors (Lipinski definition) is 1. The normalized spacial score (nSPS) is 14.1. The summed E-state index contributed by atoms with van der Waals surface area (Å²) in [6.07, 6.45) is 0. The number of hydrogen-bond acceptors (Lipinski definition) is 4. The Morgan fingerprint density at radius 3 is 2.24 bits per heavy atom. The van der Waals surface area contributed by atoms with E-state index in [1.807, 2.05) is 23.1 Å². The van der Waals surface area contributed by atoms with E-state index >= 15 is 0 Å². The molecule has 0 radical (unpaired) electrons. The Balaban J connectivity index is 1.53. The molecular formula is C19H21N3O2S. The van der Waals surface area contributed by atoms with Crippen LogP contribution in [-0.4, -0.2) is 49.2 Å². The van der Waals surface area contributed by atoms with Crippen molar-refractivity contribution < 1.29 is 9.53 Å². The Kier molecular flexibility index (Phi) is 5.50. The van der Waals surface area contributed by atoms with Gasteiger partial charge in [-0.1, -0.05) is 18.2 Å². The molecule has 1 aliphatic rings. The molecule has 0 aromatic heterocycles. The molecule has 1 N–H and O–H groups in total. The molecule has 1 aliphatic heterocycles. The molecule has 25 heavy (non-hydrogen) atoms. The summed E-state index contributed by atoms with van der Waals surface area (Å²) in [5, 5.41) is 3.30. The number of anilines is 1. The highest BCUT2D eigenvalue weighted by Crippen LogP contribution is 2.16. The number of carbonyl (C=O) groups is 1. The number of para-hydroxylation sites is 1. The summed E-state index contributed by atoms with van der Waals surface area (Å²) in [5.41, 5.74) is 1.78. The van der Waals surface area contributed by atoms with Gasteiger partial charge in [0.1, 0.15) is 5.75 Å². The lowest BCUT2D eigenvalue weighted by Crippen LogP contribution is -2.52. The molecule has 0 spiro atoms. The van der Waals surface area contributed by atoms with Gasteiger partial charge in [0.15, 0.2) is 5.11 Å². The van der Waals surface area contributed by atoms with Crippen LogP contribution in [0, 0.1) is 0 Å². The molecule has 0 saturated carbocycles. The molecule has 5 nitrogen and oxygen atoms in total. The maximum Gasteiger partial charge on any atom is 0.257 e. The first-order chi connectivity index (χ1) is 12.2. The van der Waals surface area contributed by atoms with Gasteiger partial charge in [-0.05, 0) is 48.6 Å². The Hall–Kier alpha value is -2.60. The zero-order chi connectivity index (χ0) is 17.6. The molecule has 0 aliphatic carbocycles. The SMILES string of the molecule is COc1ccc(C(=O)NC(=S)N2CCN(c3ccccc3)CC2)cc1. The fourth-order valence-corrected chi connectivity index (χ4v) is 3.07. The highest BCUT2D eigenvalue weighted by Gasteiger charge is 2.20. The fourth-order valence-electron chi connectivity index (χ4n) is 2.80. The van der Waals surface area contributed by atoms with Crippen LogP contribution in [0.1, 0.15) is 10.4 Å². The molecule has 1 fully saturated rings. The molecule has 1 amide bonds. The lowest BCUT2D eigenvalue weighted by atomic mass is 10.2. The summed E-state index contributed by atoms with van der Waals surface area (Å²) < 4.78 is 5.10. The van der Waals surface area contributed by atoms with Gasteiger partial charge in [-0.2, -0.15) is 0 Å². The minimum atomic E-state index is -0.196. The van der Waals surface area contributed by atoms with Crippen molar-refractivity contribution in [1.82, 2.24) is 10.2 Å². The lowest BCUT2D eigenvalue weighted by Gasteiger charge is -2.37. The van der Waals surface area contributed by atoms with Crippen molar-refractivity contribution in [2.24, 2.45) is 0 Å². The summed E-state index contributed by atoms with van der Waals surface area (Å²) in [7, 11) is 1.60. The van der Waals surface area contributed by atoms with Gasteiger partial charge in [0.25, 0.3) is 5.91 Å². The van der Waals surface area contributed by atoms with Gasteiger partial charge in [-0.3, -0.25) is 10.1 Å². The number of amides is 1. The Bertz CT molecular complexity index is 726. The Labute approximate surface area is 153 Å². The summed E-state index contributed by atoms with van der Waals surface area (Å²) in [6, 6.07) is 17.3. The van der Waals surface area contributed by atoms with Crippen molar-refractivity contribution in [3.63, 3.8) is 0 Å². The quantitative estimate of drug-likeness (QED) is 0.858. The number of rotatable bonds is 3. The molecule has 1 saturated heterocycles. The van der Waals surface area contributed by atoms with Crippen molar-refractivity contribution in [2.75, 3.05) is 38.2 Å². The molecule has 1 heterocycles.